The summed E-state index contributed by atoms with van der Waals surface area (Å²) in [5, 5.41) is 9.42. The molecule has 0 unspecified atom stereocenters. The van der Waals surface area contributed by atoms with Gasteiger partial charge in [-0.3, -0.25) is 0 Å². The zero-order valence-electron chi connectivity index (χ0n) is 13.5. The standard InChI is InChI=1S/C20H16FN3/c1-12-3-8-16(13(2)9-12)19-10-17(18(11-22)20(23)24-19)14-4-6-15(21)7-5-14/h3-10H,1-2H3,(H2,23,24). The summed E-state index contributed by atoms with van der Waals surface area (Å²) in [5.41, 5.74) is 11.6. The number of benzene rings is 2. The summed E-state index contributed by atoms with van der Waals surface area (Å²) in [5.74, 6) is -0.150. The third-order valence-corrected chi connectivity index (χ3v) is 3.97. The summed E-state index contributed by atoms with van der Waals surface area (Å²) < 4.78 is 13.2. The number of rotatable bonds is 2. The van der Waals surface area contributed by atoms with Crippen LogP contribution in [0.2, 0.25) is 0 Å². The summed E-state index contributed by atoms with van der Waals surface area (Å²) in [6, 6.07) is 16.0. The summed E-state index contributed by atoms with van der Waals surface area (Å²) in [6.45, 7) is 4.04. The Morgan fingerprint density at radius 3 is 2.33 bits per heavy atom. The molecule has 2 aromatic carbocycles. The zero-order valence-corrected chi connectivity index (χ0v) is 13.5. The molecule has 0 aliphatic rings. The van der Waals surface area contributed by atoms with E-state index in [0.717, 1.165) is 22.3 Å². The first-order chi connectivity index (χ1) is 11.5. The highest BCUT2D eigenvalue weighted by Gasteiger charge is 2.14. The fourth-order valence-electron chi connectivity index (χ4n) is 2.78. The van der Waals surface area contributed by atoms with Gasteiger partial charge in [-0.2, -0.15) is 5.26 Å². The molecule has 24 heavy (non-hydrogen) atoms. The van der Waals surface area contributed by atoms with E-state index >= 15 is 0 Å². The highest BCUT2D eigenvalue weighted by atomic mass is 19.1. The van der Waals surface area contributed by atoms with Crippen LogP contribution in [-0.4, -0.2) is 4.98 Å². The van der Waals surface area contributed by atoms with E-state index in [0.29, 0.717) is 16.8 Å². The Bertz CT molecular complexity index is 954. The Kier molecular flexibility index (Phi) is 4.01. The molecule has 118 valence electrons. The van der Waals surface area contributed by atoms with E-state index in [1.54, 1.807) is 12.1 Å². The molecule has 3 aromatic rings. The Morgan fingerprint density at radius 1 is 1.00 bits per heavy atom. The Balaban J connectivity index is 2.24. The molecule has 1 aromatic heterocycles. The van der Waals surface area contributed by atoms with E-state index in [1.807, 2.05) is 32.0 Å². The van der Waals surface area contributed by atoms with Gasteiger partial charge >= 0.3 is 0 Å². The number of anilines is 1. The van der Waals surface area contributed by atoms with Crippen molar-refractivity contribution in [3.8, 4) is 28.5 Å². The topological polar surface area (TPSA) is 62.7 Å². The van der Waals surface area contributed by atoms with Crippen molar-refractivity contribution in [2.75, 3.05) is 5.73 Å². The van der Waals surface area contributed by atoms with Crippen LogP contribution in [0.4, 0.5) is 10.2 Å². The van der Waals surface area contributed by atoms with Crippen LogP contribution < -0.4 is 5.73 Å². The van der Waals surface area contributed by atoms with E-state index in [2.05, 4.69) is 17.1 Å². The van der Waals surface area contributed by atoms with E-state index in [4.69, 9.17) is 5.73 Å². The minimum Gasteiger partial charge on any atom is -0.383 e. The van der Waals surface area contributed by atoms with Crippen LogP contribution in [0.25, 0.3) is 22.4 Å². The number of aryl methyl sites for hydroxylation is 2. The molecular weight excluding hydrogens is 301 g/mol. The number of nitrogens with zero attached hydrogens (tertiary/aromatic N) is 2. The monoisotopic (exact) mass is 317 g/mol. The predicted molar refractivity (Wildman–Crippen MR) is 93.7 cm³/mol. The number of nitrogens with two attached hydrogens (primary N) is 1. The molecule has 0 aliphatic heterocycles. The second-order valence-corrected chi connectivity index (χ2v) is 5.75. The first-order valence-corrected chi connectivity index (χ1v) is 7.54. The highest BCUT2D eigenvalue weighted by Crippen LogP contribution is 2.32. The number of nitrogen functional groups attached to an aromatic ring is 1. The second-order valence-electron chi connectivity index (χ2n) is 5.75. The maximum absolute atomic E-state index is 13.2. The van der Waals surface area contributed by atoms with Crippen molar-refractivity contribution in [1.82, 2.24) is 4.98 Å². The summed E-state index contributed by atoms with van der Waals surface area (Å²) in [4.78, 5) is 4.39. The normalized spacial score (nSPS) is 10.4. The molecule has 0 aliphatic carbocycles. The van der Waals surface area contributed by atoms with E-state index in [9.17, 15) is 9.65 Å². The van der Waals surface area contributed by atoms with Gasteiger partial charge < -0.3 is 5.73 Å². The molecule has 1 heterocycles. The van der Waals surface area contributed by atoms with E-state index in [-0.39, 0.29) is 11.6 Å². The Labute approximate surface area is 140 Å². The van der Waals surface area contributed by atoms with Gasteiger partial charge in [0.25, 0.3) is 0 Å². The SMILES string of the molecule is Cc1ccc(-c2cc(-c3ccc(F)cc3)c(C#N)c(N)n2)c(C)c1. The van der Waals surface area contributed by atoms with Gasteiger partial charge in [0.2, 0.25) is 0 Å². The van der Waals surface area contributed by atoms with Gasteiger partial charge in [-0.05, 0) is 43.2 Å². The molecule has 0 amide bonds. The van der Waals surface area contributed by atoms with Gasteiger partial charge in [-0.25, -0.2) is 9.37 Å². The van der Waals surface area contributed by atoms with Crippen LogP contribution in [0.15, 0.2) is 48.5 Å². The lowest BCUT2D eigenvalue weighted by Crippen LogP contribution is -2.00. The zero-order chi connectivity index (χ0) is 17.3. The van der Waals surface area contributed by atoms with E-state index in [1.165, 1.54) is 12.1 Å². The molecule has 0 bridgehead atoms. The average molecular weight is 317 g/mol. The van der Waals surface area contributed by atoms with Crippen LogP contribution in [0.1, 0.15) is 16.7 Å². The molecule has 0 saturated heterocycles. The lowest BCUT2D eigenvalue weighted by Gasteiger charge is -2.12. The Morgan fingerprint density at radius 2 is 1.71 bits per heavy atom. The fourth-order valence-corrected chi connectivity index (χ4v) is 2.78. The number of halogens is 1. The summed E-state index contributed by atoms with van der Waals surface area (Å²) in [7, 11) is 0. The van der Waals surface area contributed by atoms with Crippen molar-refractivity contribution in [3.05, 3.63) is 71.0 Å². The Hall–Kier alpha value is -3.19. The van der Waals surface area contributed by atoms with Crippen molar-refractivity contribution in [2.45, 2.75) is 13.8 Å². The highest BCUT2D eigenvalue weighted by molar-refractivity contribution is 5.80. The third-order valence-electron chi connectivity index (χ3n) is 3.97. The predicted octanol–water partition coefficient (Wildman–Crippen LogP) is 4.63. The van der Waals surface area contributed by atoms with Gasteiger partial charge in [0, 0.05) is 11.1 Å². The average Bonchev–Trinajstić information content (AvgIpc) is 2.55. The molecule has 0 spiro atoms. The first kappa shape index (κ1) is 15.7. The molecular formula is C20H16FN3. The molecule has 3 rings (SSSR count). The first-order valence-electron chi connectivity index (χ1n) is 7.54. The summed E-state index contributed by atoms with van der Waals surface area (Å²) in [6.07, 6.45) is 0. The molecule has 0 atom stereocenters. The lowest BCUT2D eigenvalue weighted by atomic mass is 9.96. The van der Waals surface area contributed by atoms with E-state index < -0.39 is 0 Å². The number of aromatic nitrogens is 1. The largest absolute Gasteiger partial charge is 0.383 e. The van der Waals surface area contributed by atoms with Gasteiger partial charge in [0.05, 0.1) is 5.69 Å². The molecule has 2 N–H and O–H groups in total. The van der Waals surface area contributed by atoms with Crippen LogP contribution in [0.5, 0.6) is 0 Å². The van der Waals surface area contributed by atoms with Crippen LogP contribution >= 0.6 is 0 Å². The maximum Gasteiger partial charge on any atom is 0.142 e. The number of nitriles is 1. The van der Waals surface area contributed by atoms with Gasteiger partial charge in [0.1, 0.15) is 23.3 Å². The smallest absolute Gasteiger partial charge is 0.142 e. The maximum atomic E-state index is 13.2. The van der Waals surface area contributed by atoms with Crippen LogP contribution in [0.3, 0.4) is 0 Å². The van der Waals surface area contributed by atoms with Crippen molar-refractivity contribution >= 4 is 5.82 Å². The molecule has 4 heteroatoms. The van der Waals surface area contributed by atoms with Crippen LogP contribution in [-0.2, 0) is 0 Å². The van der Waals surface area contributed by atoms with Gasteiger partial charge in [0.15, 0.2) is 0 Å². The minimum absolute atomic E-state index is 0.175. The third kappa shape index (κ3) is 2.84. The molecule has 0 radical (unpaired) electrons. The fraction of sp³-hybridized carbons (Fsp3) is 0.100. The van der Waals surface area contributed by atoms with Crippen molar-refractivity contribution in [1.29, 1.82) is 5.26 Å². The molecule has 3 nitrogen and oxygen atoms in total. The number of hydrogen-bond acceptors (Lipinski definition) is 3. The number of pyridine rings is 1. The van der Waals surface area contributed by atoms with Gasteiger partial charge in [-0.15, -0.1) is 0 Å². The second kappa shape index (κ2) is 6.13. The minimum atomic E-state index is -0.325. The van der Waals surface area contributed by atoms with Crippen LogP contribution in [0, 0.1) is 31.0 Å². The van der Waals surface area contributed by atoms with Crippen molar-refractivity contribution < 1.29 is 4.39 Å². The quantitative estimate of drug-likeness (QED) is 0.750. The molecule has 0 fully saturated rings. The van der Waals surface area contributed by atoms with Crippen molar-refractivity contribution in [3.63, 3.8) is 0 Å². The molecule has 0 saturated carbocycles. The lowest BCUT2D eigenvalue weighted by molar-refractivity contribution is 0.628. The van der Waals surface area contributed by atoms with Gasteiger partial charge in [-0.1, -0.05) is 35.9 Å². The number of hydrogen-bond donors (Lipinski definition) is 1. The summed E-state index contributed by atoms with van der Waals surface area (Å²) >= 11 is 0. The van der Waals surface area contributed by atoms with Crippen molar-refractivity contribution in [2.24, 2.45) is 0 Å².